The second kappa shape index (κ2) is 6.62. The van der Waals surface area contributed by atoms with E-state index >= 15 is 0 Å². The molecule has 0 radical (unpaired) electrons. The summed E-state index contributed by atoms with van der Waals surface area (Å²) in [6.45, 7) is 3.63. The van der Waals surface area contributed by atoms with E-state index in [1.54, 1.807) is 17.0 Å². The fourth-order valence-electron chi connectivity index (χ4n) is 2.45. The Morgan fingerprint density at radius 2 is 1.86 bits per heavy atom. The van der Waals surface area contributed by atoms with E-state index in [9.17, 15) is 4.79 Å². The van der Waals surface area contributed by atoms with Gasteiger partial charge in [0.2, 0.25) is 0 Å². The number of carbonyl (C=O) groups excluding carboxylic acids is 1. The van der Waals surface area contributed by atoms with Crippen LogP contribution in [0.3, 0.4) is 0 Å². The van der Waals surface area contributed by atoms with Gasteiger partial charge in [-0.15, -0.1) is 0 Å². The topological polar surface area (TPSA) is 38.8 Å². The minimum atomic E-state index is -0.327. The lowest BCUT2D eigenvalue weighted by atomic mass is 10.1. The number of hydrogen-bond donors (Lipinski definition) is 0. The van der Waals surface area contributed by atoms with Crippen molar-refractivity contribution in [3.05, 3.63) is 65.7 Å². The summed E-state index contributed by atoms with van der Waals surface area (Å²) in [5.41, 5.74) is 2.29. The smallest absolute Gasteiger partial charge is 0.410 e. The average molecular weight is 297 g/mol. The summed E-state index contributed by atoms with van der Waals surface area (Å²) in [6.07, 6.45) is -0.427. The molecular weight excluding hydrogens is 278 g/mol. The maximum absolute atomic E-state index is 12.2. The highest BCUT2D eigenvalue weighted by molar-refractivity contribution is 5.70. The highest BCUT2D eigenvalue weighted by atomic mass is 16.6. The summed E-state index contributed by atoms with van der Waals surface area (Å²) >= 11 is 0. The standard InChI is InChI=1S/C18H19NO3/c1-14-7-9-15(10-8-14)17-13-19(11-12-21-17)18(20)22-16-5-3-2-4-6-16/h2-10,17H,11-13H2,1H3. The number of rotatable bonds is 2. The fourth-order valence-corrected chi connectivity index (χ4v) is 2.45. The van der Waals surface area contributed by atoms with E-state index in [2.05, 4.69) is 19.1 Å². The highest BCUT2D eigenvalue weighted by Gasteiger charge is 2.26. The van der Waals surface area contributed by atoms with Gasteiger partial charge >= 0.3 is 6.09 Å². The van der Waals surface area contributed by atoms with E-state index in [1.165, 1.54) is 5.56 Å². The van der Waals surface area contributed by atoms with Gasteiger partial charge in [-0.25, -0.2) is 4.79 Å². The highest BCUT2D eigenvalue weighted by Crippen LogP contribution is 2.23. The minimum absolute atomic E-state index is 0.0994. The Labute approximate surface area is 130 Å². The SMILES string of the molecule is Cc1ccc(C2CN(C(=O)Oc3ccccc3)CCO2)cc1. The molecule has 1 aliphatic heterocycles. The van der Waals surface area contributed by atoms with Crippen molar-refractivity contribution >= 4 is 6.09 Å². The maximum atomic E-state index is 12.2. The minimum Gasteiger partial charge on any atom is -0.410 e. The van der Waals surface area contributed by atoms with Gasteiger partial charge in [0.15, 0.2) is 0 Å². The van der Waals surface area contributed by atoms with Crippen molar-refractivity contribution in [2.75, 3.05) is 19.7 Å². The number of carbonyl (C=O) groups is 1. The number of ether oxygens (including phenoxy) is 2. The van der Waals surface area contributed by atoms with Gasteiger partial charge in [-0.05, 0) is 24.6 Å². The molecule has 4 heteroatoms. The maximum Gasteiger partial charge on any atom is 0.415 e. The van der Waals surface area contributed by atoms with Gasteiger partial charge in [-0.2, -0.15) is 0 Å². The molecule has 0 aliphatic carbocycles. The van der Waals surface area contributed by atoms with E-state index in [4.69, 9.17) is 9.47 Å². The number of benzene rings is 2. The molecule has 0 spiro atoms. The largest absolute Gasteiger partial charge is 0.415 e. The van der Waals surface area contributed by atoms with Crippen molar-refractivity contribution in [1.82, 2.24) is 4.90 Å². The predicted octanol–water partition coefficient (Wildman–Crippen LogP) is 3.57. The molecule has 0 aromatic heterocycles. The molecule has 1 unspecified atom stereocenters. The quantitative estimate of drug-likeness (QED) is 0.850. The summed E-state index contributed by atoms with van der Waals surface area (Å²) in [4.78, 5) is 13.9. The molecule has 3 rings (SSSR count). The van der Waals surface area contributed by atoms with Crippen molar-refractivity contribution < 1.29 is 14.3 Å². The molecule has 114 valence electrons. The average Bonchev–Trinajstić information content (AvgIpc) is 2.56. The third-order valence-corrected chi connectivity index (χ3v) is 3.72. The zero-order valence-electron chi connectivity index (χ0n) is 12.6. The molecule has 2 aromatic rings. The second-order valence-corrected chi connectivity index (χ2v) is 5.40. The van der Waals surface area contributed by atoms with Gasteiger partial charge in [-0.3, -0.25) is 0 Å². The number of aryl methyl sites for hydroxylation is 1. The van der Waals surface area contributed by atoms with Crippen LogP contribution < -0.4 is 4.74 Å². The van der Waals surface area contributed by atoms with Crippen LogP contribution in [0.1, 0.15) is 17.2 Å². The molecule has 22 heavy (non-hydrogen) atoms. The number of amides is 1. The molecule has 1 heterocycles. The van der Waals surface area contributed by atoms with Crippen LogP contribution in [-0.2, 0) is 4.74 Å². The summed E-state index contributed by atoms with van der Waals surface area (Å²) in [7, 11) is 0. The zero-order chi connectivity index (χ0) is 15.4. The van der Waals surface area contributed by atoms with Crippen LogP contribution in [0.25, 0.3) is 0 Å². The second-order valence-electron chi connectivity index (χ2n) is 5.40. The molecule has 1 fully saturated rings. The molecule has 0 bridgehead atoms. The summed E-state index contributed by atoms with van der Waals surface area (Å²) in [5.74, 6) is 0.561. The molecule has 1 atom stereocenters. The Morgan fingerprint density at radius 1 is 1.14 bits per heavy atom. The van der Waals surface area contributed by atoms with Crippen molar-refractivity contribution in [2.45, 2.75) is 13.0 Å². The predicted molar refractivity (Wildman–Crippen MR) is 83.9 cm³/mol. The van der Waals surface area contributed by atoms with Gasteiger partial charge < -0.3 is 14.4 Å². The Kier molecular flexibility index (Phi) is 4.39. The van der Waals surface area contributed by atoms with Crippen molar-refractivity contribution in [3.63, 3.8) is 0 Å². The zero-order valence-corrected chi connectivity index (χ0v) is 12.6. The molecule has 1 aliphatic rings. The van der Waals surface area contributed by atoms with Crippen LogP contribution in [0.15, 0.2) is 54.6 Å². The summed E-state index contributed by atoms with van der Waals surface area (Å²) < 4.78 is 11.2. The van der Waals surface area contributed by atoms with E-state index in [1.807, 2.05) is 30.3 Å². The molecule has 0 saturated carbocycles. The lowest BCUT2D eigenvalue weighted by molar-refractivity contribution is -0.0218. The molecule has 1 saturated heterocycles. The van der Waals surface area contributed by atoms with Crippen LogP contribution >= 0.6 is 0 Å². The van der Waals surface area contributed by atoms with E-state index in [0.717, 1.165) is 5.56 Å². The Bertz CT molecular complexity index is 625. The first kappa shape index (κ1) is 14.6. The van der Waals surface area contributed by atoms with E-state index in [0.29, 0.717) is 25.4 Å². The molecule has 1 amide bonds. The van der Waals surface area contributed by atoms with Crippen LogP contribution in [0.5, 0.6) is 5.75 Å². The van der Waals surface area contributed by atoms with Crippen molar-refractivity contribution in [1.29, 1.82) is 0 Å². The fraction of sp³-hybridized carbons (Fsp3) is 0.278. The Hall–Kier alpha value is -2.33. The van der Waals surface area contributed by atoms with Crippen LogP contribution in [-0.4, -0.2) is 30.7 Å². The van der Waals surface area contributed by atoms with Gasteiger partial charge in [0.05, 0.1) is 13.2 Å². The van der Waals surface area contributed by atoms with Gasteiger partial charge in [-0.1, -0.05) is 48.0 Å². The summed E-state index contributed by atoms with van der Waals surface area (Å²) in [6, 6.07) is 17.3. The molecular formula is C18H19NO3. The van der Waals surface area contributed by atoms with Crippen LogP contribution in [0.4, 0.5) is 4.79 Å². The van der Waals surface area contributed by atoms with Crippen LogP contribution in [0.2, 0.25) is 0 Å². The summed E-state index contributed by atoms with van der Waals surface area (Å²) in [5, 5.41) is 0. The first-order valence-corrected chi connectivity index (χ1v) is 7.42. The van der Waals surface area contributed by atoms with E-state index in [-0.39, 0.29) is 12.2 Å². The van der Waals surface area contributed by atoms with E-state index < -0.39 is 0 Å². The molecule has 2 aromatic carbocycles. The van der Waals surface area contributed by atoms with Gasteiger partial charge in [0, 0.05) is 6.54 Å². The van der Waals surface area contributed by atoms with Crippen molar-refractivity contribution in [3.8, 4) is 5.75 Å². The Morgan fingerprint density at radius 3 is 2.59 bits per heavy atom. The third kappa shape index (κ3) is 3.46. The lowest BCUT2D eigenvalue weighted by Crippen LogP contribution is -2.43. The number of para-hydroxylation sites is 1. The normalized spacial score (nSPS) is 18.0. The lowest BCUT2D eigenvalue weighted by Gasteiger charge is -2.32. The number of hydrogen-bond acceptors (Lipinski definition) is 3. The Balaban J connectivity index is 1.65. The monoisotopic (exact) mass is 297 g/mol. The third-order valence-electron chi connectivity index (χ3n) is 3.72. The molecule has 4 nitrogen and oxygen atoms in total. The first-order chi connectivity index (χ1) is 10.7. The van der Waals surface area contributed by atoms with Gasteiger partial charge in [0.1, 0.15) is 11.9 Å². The first-order valence-electron chi connectivity index (χ1n) is 7.42. The molecule has 0 N–H and O–H groups in total. The number of nitrogens with zero attached hydrogens (tertiary/aromatic N) is 1. The van der Waals surface area contributed by atoms with Crippen LogP contribution in [0, 0.1) is 6.92 Å². The van der Waals surface area contributed by atoms with Gasteiger partial charge in [0.25, 0.3) is 0 Å². The number of morpholine rings is 1. The van der Waals surface area contributed by atoms with Crippen molar-refractivity contribution in [2.24, 2.45) is 0 Å².